The third-order valence-corrected chi connectivity index (χ3v) is 1.64. The number of halogens is 3. The summed E-state index contributed by atoms with van der Waals surface area (Å²) < 4.78 is 37.5. The van der Waals surface area contributed by atoms with E-state index >= 15 is 0 Å². The second-order valence-corrected chi connectivity index (χ2v) is 2.54. The number of nitrogens with zero attached hydrogens (tertiary/aromatic N) is 2. The van der Waals surface area contributed by atoms with Crippen molar-refractivity contribution in [3.8, 4) is 0 Å². The third kappa shape index (κ3) is 2.21. The number of nitro groups is 1. The molecular weight excluding hydrogens is 217 g/mol. The molecule has 0 saturated heterocycles. The quantitative estimate of drug-likeness (QED) is 0.621. The molecule has 1 N–H and O–H groups in total. The van der Waals surface area contributed by atoms with Gasteiger partial charge in [0.05, 0.1) is 18.2 Å². The number of aliphatic hydroxyl groups excluding tert-OH is 1. The molecule has 82 valence electrons. The molecule has 1 rings (SSSR count). The van der Waals surface area contributed by atoms with Crippen molar-refractivity contribution in [1.29, 1.82) is 0 Å². The first kappa shape index (κ1) is 11.4. The van der Waals surface area contributed by atoms with Gasteiger partial charge >= 0.3 is 12.2 Å². The molecule has 0 fully saturated rings. The number of rotatable bonds is 3. The monoisotopic (exact) mass is 222 g/mol. The Morgan fingerprint density at radius 1 is 1.60 bits per heavy atom. The van der Waals surface area contributed by atoms with Crippen molar-refractivity contribution in [3.05, 3.63) is 33.3 Å². The molecule has 0 atom stereocenters. The molecule has 0 saturated carbocycles. The lowest BCUT2D eigenvalue weighted by Crippen LogP contribution is -2.05. The maximum absolute atomic E-state index is 13.0. The SMILES string of the molecule is O=[N+]([O-])c1cc(F)c(CO)c(C(F)F)n1. The summed E-state index contributed by atoms with van der Waals surface area (Å²) in [6.07, 6.45) is -3.18. The van der Waals surface area contributed by atoms with Crippen LogP contribution in [0.25, 0.3) is 0 Å². The summed E-state index contributed by atoms with van der Waals surface area (Å²) in [5.74, 6) is -2.28. The van der Waals surface area contributed by atoms with E-state index in [-0.39, 0.29) is 0 Å². The summed E-state index contributed by atoms with van der Waals surface area (Å²) in [6, 6.07) is 0.386. The number of hydrogen-bond acceptors (Lipinski definition) is 4. The fraction of sp³-hybridized carbons (Fsp3) is 0.286. The lowest BCUT2D eigenvalue weighted by molar-refractivity contribution is -0.390. The van der Waals surface area contributed by atoms with E-state index in [2.05, 4.69) is 4.98 Å². The smallest absolute Gasteiger partial charge is 0.366 e. The molecule has 0 radical (unpaired) electrons. The third-order valence-electron chi connectivity index (χ3n) is 1.64. The Labute approximate surface area is 81.3 Å². The highest BCUT2D eigenvalue weighted by molar-refractivity contribution is 5.31. The molecule has 0 aromatic carbocycles. The second-order valence-electron chi connectivity index (χ2n) is 2.54. The highest BCUT2D eigenvalue weighted by Crippen LogP contribution is 2.26. The molecule has 1 aromatic rings. The first-order chi connectivity index (χ1) is 6.97. The number of aromatic nitrogens is 1. The van der Waals surface area contributed by atoms with Gasteiger partial charge in [0.2, 0.25) is 5.69 Å². The molecule has 0 unspecified atom stereocenters. The number of hydrogen-bond donors (Lipinski definition) is 1. The predicted octanol–water partition coefficient (Wildman–Crippen LogP) is 1.56. The van der Waals surface area contributed by atoms with Crippen LogP contribution in [0.5, 0.6) is 0 Å². The van der Waals surface area contributed by atoms with Crippen LogP contribution in [0.1, 0.15) is 17.7 Å². The number of aliphatic hydroxyl groups is 1. The van der Waals surface area contributed by atoms with Crippen molar-refractivity contribution in [2.75, 3.05) is 0 Å². The molecular formula is C7H5F3N2O3. The summed E-state index contributed by atoms with van der Waals surface area (Å²) in [5, 5.41) is 18.8. The second kappa shape index (κ2) is 4.22. The highest BCUT2D eigenvalue weighted by Gasteiger charge is 2.26. The zero-order chi connectivity index (χ0) is 11.6. The van der Waals surface area contributed by atoms with E-state index < -0.39 is 40.8 Å². The topological polar surface area (TPSA) is 76.3 Å². The largest absolute Gasteiger partial charge is 0.391 e. The molecule has 8 heteroatoms. The van der Waals surface area contributed by atoms with Crippen molar-refractivity contribution in [2.24, 2.45) is 0 Å². The van der Waals surface area contributed by atoms with E-state index in [0.29, 0.717) is 6.07 Å². The summed E-state index contributed by atoms with van der Waals surface area (Å²) in [6.45, 7) is -0.990. The molecule has 15 heavy (non-hydrogen) atoms. The van der Waals surface area contributed by atoms with Crippen LogP contribution in [0.15, 0.2) is 6.07 Å². The van der Waals surface area contributed by atoms with E-state index in [1.54, 1.807) is 0 Å². The normalized spacial score (nSPS) is 10.7. The van der Waals surface area contributed by atoms with Gasteiger partial charge in [0.15, 0.2) is 0 Å². The molecule has 0 aliphatic heterocycles. The Morgan fingerprint density at radius 2 is 2.20 bits per heavy atom. The van der Waals surface area contributed by atoms with Gasteiger partial charge in [-0.15, -0.1) is 0 Å². The summed E-state index contributed by atoms with van der Waals surface area (Å²) in [4.78, 5) is 12.1. The van der Waals surface area contributed by atoms with Gasteiger partial charge in [-0.2, -0.15) is 0 Å². The van der Waals surface area contributed by atoms with Crippen molar-refractivity contribution in [1.82, 2.24) is 4.98 Å². The van der Waals surface area contributed by atoms with Gasteiger partial charge in [-0.25, -0.2) is 13.2 Å². The molecule has 0 aliphatic carbocycles. The molecule has 5 nitrogen and oxygen atoms in total. The maximum Gasteiger partial charge on any atom is 0.366 e. The van der Waals surface area contributed by atoms with Crippen LogP contribution in [-0.2, 0) is 6.61 Å². The maximum atomic E-state index is 13.0. The van der Waals surface area contributed by atoms with Crippen LogP contribution in [0, 0.1) is 15.9 Å². The van der Waals surface area contributed by atoms with Gasteiger partial charge in [0, 0.05) is 0 Å². The van der Waals surface area contributed by atoms with Crippen LogP contribution in [0.3, 0.4) is 0 Å². The van der Waals surface area contributed by atoms with Gasteiger partial charge in [-0.1, -0.05) is 0 Å². The lowest BCUT2D eigenvalue weighted by Gasteiger charge is -2.02. The molecule has 1 aromatic heterocycles. The minimum Gasteiger partial charge on any atom is -0.391 e. The van der Waals surface area contributed by atoms with E-state index in [0.717, 1.165) is 0 Å². The summed E-state index contributed by atoms with van der Waals surface area (Å²) >= 11 is 0. The fourth-order valence-corrected chi connectivity index (χ4v) is 0.977. The standard InChI is InChI=1S/C7H5F3N2O3/c8-4-1-5(12(14)15)11-6(7(9)10)3(4)2-13/h1,7,13H,2H2. The van der Waals surface area contributed by atoms with Gasteiger partial charge in [0.25, 0.3) is 0 Å². The number of alkyl halides is 2. The molecule has 1 heterocycles. The highest BCUT2D eigenvalue weighted by atomic mass is 19.3. The zero-order valence-corrected chi connectivity index (χ0v) is 7.15. The minimum atomic E-state index is -3.18. The number of pyridine rings is 1. The van der Waals surface area contributed by atoms with Gasteiger partial charge in [-0.3, -0.25) is 0 Å². The Hall–Kier alpha value is -1.70. The molecule has 0 aliphatic rings. The molecule has 0 amide bonds. The van der Waals surface area contributed by atoms with Crippen LogP contribution in [0.2, 0.25) is 0 Å². The Morgan fingerprint density at radius 3 is 2.60 bits per heavy atom. The Balaban J connectivity index is 3.38. The first-order valence-electron chi connectivity index (χ1n) is 3.70. The zero-order valence-electron chi connectivity index (χ0n) is 7.15. The first-order valence-corrected chi connectivity index (χ1v) is 3.70. The van der Waals surface area contributed by atoms with Gasteiger partial charge in [-0.05, 0) is 9.91 Å². The van der Waals surface area contributed by atoms with Gasteiger partial charge < -0.3 is 15.2 Å². The summed E-state index contributed by atoms with van der Waals surface area (Å²) in [5.41, 5.74) is -1.83. The lowest BCUT2D eigenvalue weighted by atomic mass is 10.2. The van der Waals surface area contributed by atoms with Crippen molar-refractivity contribution >= 4 is 5.82 Å². The molecule has 0 spiro atoms. The van der Waals surface area contributed by atoms with Crippen molar-refractivity contribution < 1.29 is 23.2 Å². The average molecular weight is 222 g/mol. The fourth-order valence-electron chi connectivity index (χ4n) is 0.977. The van der Waals surface area contributed by atoms with E-state index in [4.69, 9.17) is 5.11 Å². The van der Waals surface area contributed by atoms with Crippen LogP contribution in [-0.4, -0.2) is 15.0 Å². The van der Waals surface area contributed by atoms with Crippen LogP contribution < -0.4 is 0 Å². The van der Waals surface area contributed by atoms with Gasteiger partial charge in [0.1, 0.15) is 5.82 Å². The van der Waals surface area contributed by atoms with Crippen LogP contribution in [0.4, 0.5) is 19.0 Å². The van der Waals surface area contributed by atoms with Crippen LogP contribution >= 0.6 is 0 Å². The summed E-state index contributed by atoms with van der Waals surface area (Å²) in [7, 11) is 0. The predicted molar refractivity (Wildman–Crippen MR) is 41.7 cm³/mol. The van der Waals surface area contributed by atoms with E-state index in [1.165, 1.54) is 0 Å². The minimum absolute atomic E-state index is 0.386. The van der Waals surface area contributed by atoms with Crippen molar-refractivity contribution in [3.63, 3.8) is 0 Å². The van der Waals surface area contributed by atoms with Crippen molar-refractivity contribution in [2.45, 2.75) is 13.0 Å². The average Bonchev–Trinajstić information content (AvgIpc) is 2.16. The Bertz CT molecular complexity index is 397. The van der Waals surface area contributed by atoms with E-state index in [9.17, 15) is 23.3 Å². The van der Waals surface area contributed by atoms with E-state index in [1.807, 2.05) is 0 Å². The Kier molecular flexibility index (Phi) is 3.20. The molecule has 0 bridgehead atoms.